The van der Waals surface area contributed by atoms with Gasteiger partial charge in [-0.3, -0.25) is 14.2 Å². The number of nitrogens with two attached hydrogens (primary N) is 1. The van der Waals surface area contributed by atoms with Gasteiger partial charge in [-0.1, -0.05) is 27.5 Å². The highest BCUT2D eigenvalue weighted by atomic mass is 79.9. The van der Waals surface area contributed by atoms with Crippen molar-refractivity contribution in [2.45, 2.75) is 37.1 Å². The lowest BCUT2D eigenvalue weighted by molar-refractivity contribution is -0.155. The Balaban J connectivity index is 2.31. The molecule has 0 aliphatic carbocycles. The second kappa shape index (κ2) is 7.49. The van der Waals surface area contributed by atoms with E-state index in [9.17, 15) is 14.4 Å². The normalized spacial score (nSPS) is 26.2. The number of hydrogen-bond donors (Lipinski definition) is 1. The number of alkyl halides is 1. The summed E-state index contributed by atoms with van der Waals surface area (Å²) in [6.07, 6.45) is -1.15. The molecule has 1 aliphatic rings. The molecule has 132 valence electrons. The monoisotopic (exact) mass is 423 g/mol. The lowest BCUT2D eigenvalue weighted by atomic mass is 10.2. The standard InChI is InChI=1S/C13H15BrClN3O6/c1-5(19)22-4-8-10(23-6(2)20)9(14)12(24-8)18-3-7(15)11(16)17-13(18)21/h3,8-10,12H,4H2,1-2H3,(H2,16,17,21)/t8-,9-,10-,12-/m1/s1. The lowest BCUT2D eigenvalue weighted by Gasteiger charge is -2.19. The van der Waals surface area contributed by atoms with Gasteiger partial charge in [-0.05, 0) is 0 Å². The van der Waals surface area contributed by atoms with Gasteiger partial charge in [0.2, 0.25) is 0 Å². The minimum Gasteiger partial charge on any atom is -0.463 e. The fourth-order valence-corrected chi connectivity index (χ4v) is 3.20. The largest absolute Gasteiger partial charge is 0.463 e. The average Bonchev–Trinajstić information content (AvgIpc) is 2.77. The van der Waals surface area contributed by atoms with Crippen molar-refractivity contribution in [3.63, 3.8) is 0 Å². The van der Waals surface area contributed by atoms with E-state index in [1.807, 2.05) is 0 Å². The van der Waals surface area contributed by atoms with E-state index >= 15 is 0 Å². The molecule has 0 saturated carbocycles. The van der Waals surface area contributed by atoms with E-state index in [1.54, 1.807) is 0 Å². The third-order valence-corrected chi connectivity index (χ3v) is 4.49. The van der Waals surface area contributed by atoms with Crippen molar-refractivity contribution in [2.75, 3.05) is 12.3 Å². The number of nitrogens with zero attached hydrogens (tertiary/aromatic N) is 2. The van der Waals surface area contributed by atoms with Crippen molar-refractivity contribution in [2.24, 2.45) is 0 Å². The molecule has 24 heavy (non-hydrogen) atoms. The second-order valence-corrected chi connectivity index (χ2v) is 6.51. The summed E-state index contributed by atoms with van der Waals surface area (Å²) in [6, 6.07) is 0. The van der Waals surface area contributed by atoms with Gasteiger partial charge in [-0.15, -0.1) is 0 Å². The predicted molar refractivity (Wildman–Crippen MR) is 86.7 cm³/mol. The van der Waals surface area contributed by atoms with Gasteiger partial charge in [0.25, 0.3) is 0 Å². The van der Waals surface area contributed by atoms with Gasteiger partial charge in [0.05, 0.1) is 9.85 Å². The molecule has 2 heterocycles. The molecule has 2 N–H and O–H groups in total. The number of rotatable bonds is 4. The van der Waals surface area contributed by atoms with Crippen molar-refractivity contribution in [3.8, 4) is 0 Å². The molecule has 4 atom stereocenters. The van der Waals surface area contributed by atoms with Crippen LogP contribution < -0.4 is 11.4 Å². The molecule has 1 aliphatic heterocycles. The summed E-state index contributed by atoms with van der Waals surface area (Å²) in [5.74, 6) is -1.15. The summed E-state index contributed by atoms with van der Waals surface area (Å²) in [7, 11) is 0. The quantitative estimate of drug-likeness (QED) is 0.552. The third kappa shape index (κ3) is 4.05. The predicted octanol–water partition coefficient (Wildman–Crippen LogP) is 0.635. The highest BCUT2D eigenvalue weighted by Crippen LogP contribution is 2.36. The van der Waals surface area contributed by atoms with E-state index in [1.165, 1.54) is 20.0 Å². The second-order valence-electron chi connectivity index (χ2n) is 5.05. The third-order valence-electron chi connectivity index (χ3n) is 3.23. The Morgan fingerprint density at radius 1 is 1.46 bits per heavy atom. The fourth-order valence-electron chi connectivity index (χ4n) is 2.22. The van der Waals surface area contributed by atoms with Gasteiger partial charge < -0.3 is 19.9 Å². The van der Waals surface area contributed by atoms with Crippen LogP contribution in [-0.2, 0) is 23.8 Å². The number of halogens is 2. The van der Waals surface area contributed by atoms with Crippen LogP contribution in [0.25, 0.3) is 0 Å². The zero-order chi connectivity index (χ0) is 18.0. The smallest absolute Gasteiger partial charge is 0.351 e. The van der Waals surface area contributed by atoms with Crippen LogP contribution in [0, 0.1) is 0 Å². The van der Waals surface area contributed by atoms with Gasteiger partial charge in [-0.25, -0.2) is 4.79 Å². The maximum atomic E-state index is 12.0. The van der Waals surface area contributed by atoms with Crippen molar-refractivity contribution >= 4 is 45.3 Å². The minimum atomic E-state index is -0.881. The number of carbonyl (C=O) groups excluding carboxylic acids is 2. The molecule has 9 nitrogen and oxygen atoms in total. The van der Waals surface area contributed by atoms with Crippen molar-refractivity contribution in [1.29, 1.82) is 0 Å². The first-order valence-electron chi connectivity index (χ1n) is 6.85. The summed E-state index contributed by atoms with van der Waals surface area (Å²) >= 11 is 9.26. The molecule has 1 saturated heterocycles. The number of hydrogen-bond acceptors (Lipinski definition) is 8. The summed E-state index contributed by atoms with van der Waals surface area (Å²) in [4.78, 5) is 37.4. The number of carbonyl (C=O) groups is 2. The van der Waals surface area contributed by atoms with Gasteiger partial charge in [-0.2, -0.15) is 4.98 Å². The Hall–Kier alpha value is -1.65. The van der Waals surface area contributed by atoms with Gasteiger partial charge >= 0.3 is 17.6 Å². The number of nitrogen functional groups attached to an aromatic ring is 1. The zero-order valence-corrected chi connectivity index (χ0v) is 15.1. The molecule has 0 bridgehead atoms. The first-order chi connectivity index (χ1) is 11.2. The molecule has 11 heteroatoms. The Bertz CT molecular complexity index is 711. The van der Waals surface area contributed by atoms with Crippen LogP contribution in [0.3, 0.4) is 0 Å². The fraction of sp³-hybridized carbons (Fsp3) is 0.538. The number of ether oxygens (including phenoxy) is 3. The maximum absolute atomic E-state index is 12.0. The van der Waals surface area contributed by atoms with E-state index in [0.29, 0.717) is 0 Å². The number of esters is 2. The summed E-state index contributed by atoms with van der Waals surface area (Å²) in [5, 5.41) is 0.0744. The molecular weight excluding hydrogens is 410 g/mol. The van der Waals surface area contributed by atoms with E-state index < -0.39 is 40.9 Å². The Morgan fingerprint density at radius 3 is 2.71 bits per heavy atom. The Morgan fingerprint density at radius 2 is 2.12 bits per heavy atom. The summed E-state index contributed by atoms with van der Waals surface area (Å²) in [5.41, 5.74) is 4.81. The Kier molecular flexibility index (Phi) is 5.83. The highest BCUT2D eigenvalue weighted by Gasteiger charge is 2.47. The van der Waals surface area contributed by atoms with Crippen LogP contribution in [0.5, 0.6) is 0 Å². The van der Waals surface area contributed by atoms with Crippen LogP contribution in [0.1, 0.15) is 20.1 Å². The van der Waals surface area contributed by atoms with Crippen LogP contribution in [-0.4, -0.2) is 45.1 Å². The molecule has 1 aromatic rings. The first kappa shape index (κ1) is 18.7. The van der Waals surface area contributed by atoms with E-state index in [-0.39, 0.29) is 17.4 Å². The van der Waals surface area contributed by atoms with E-state index in [0.717, 1.165) is 4.57 Å². The van der Waals surface area contributed by atoms with Crippen LogP contribution in [0.4, 0.5) is 5.82 Å². The van der Waals surface area contributed by atoms with Crippen LogP contribution in [0.2, 0.25) is 5.02 Å². The van der Waals surface area contributed by atoms with Gasteiger partial charge in [0.15, 0.2) is 6.23 Å². The van der Waals surface area contributed by atoms with Crippen LogP contribution >= 0.6 is 27.5 Å². The van der Waals surface area contributed by atoms with Crippen molar-refractivity contribution in [1.82, 2.24) is 9.55 Å². The van der Waals surface area contributed by atoms with Crippen LogP contribution in [0.15, 0.2) is 11.0 Å². The Labute approximate surface area is 150 Å². The molecule has 2 rings (SSSR count). The molecule has 0 amide bonds. The van der Waals surface area contributed by atoms with Gasteiger partial charge in [0.1, 0.15) is 24.6 Å². The van der Waals surface area contributed by atoms with Gasteiger partial charge in [0, 0.05) is 20.0 Å². The number of anilines is 1. The maximum Gasteiger partial charge on any atom is 0.351 e. The molecule has 1 fully saturated rings. The topological polar surface area (TPSA) is 123 Å². The minimum absolute atomic E-state index is 0.0744. The summed E-state index contributed by atoms with van der Waals surface area (Å²) in [6.45, 7) is 2.34. The first-order valence-corrected chi connectivity index (χ1v) is 8.14. The van der Waals surface area contributed by atoms with Crippen molar-refractivity contribution in [3.05, 3.63) is 21.7 Å². The van der Waals surface area contributed by atoms with E-state index in [4.69, 9.17) is 31.5 Å². The lowest BCUT2D eigenvalue weighted by Crippen LogP contribution is -2.36. The molecular formula is C13H15BrClN3O6. The highest BCUT2D eigenvalue weighted by molar-refractivity contribution is 9.09. The van der Waals surface area contributed by atoms with Crippen molar-refractivity contribution < 1.29 is 23.8 Å². The molecule has 1 aromatic heterocycles. The molecule has 0 spiro atoms. The summed E-state index contributed by atoms with van der Waals surface area (Å²) < 4.78 is 17.0. The molecule has 0 aromatic carbocycles. The van der Waals surface area contributed by atoms with E-state index in [2.05, 4.69) is 20.9 Å². The SMILES string of the molecule is CC(=O)OC[C@H]1O[C@@H](n2cc(Cl)c(N)nc2=O)[C@H](Br)[C@@H]1OC(C)=O. The molecule has 0 unspecified atom stereocenters. The zero-order valence-electron chi connectivity index (χ0n) is 12.8. The average molecular weight is 425 g/mol. The number of aromatic nitrogens is 2. The molecule has 0 radical (unpaired) electrons.